The van der Waals surface area contributed by atoms with Crippen LogP contribution in [0.4, 0.5) is 0 Å². The first-order valence-electron chi connectivity index (χ1n) is 9.13. The first kappa shape index (κ1) is 16.5. The third kappa shape index (κ3) is 3.04. The number of fused-ring (bicyclic) bond motifs is 1. The van der Waals surface area contributed by atoms with E-state index >= 15 is 0 Å². The second kappa shape index (κ2) is 6.77. The number of aliphatic hydroxyl groups is 1. The van der Waals surface area contributed by atoms with Gasteiger partial charge in [0.05, 0.1) is 30.2 Å². The predicted octanol–water partition coefficient (Wildman–Crippen LogP) is 2.02. The molecule has 0 radical (unpaired) electrons. The van der Waals surface area contributed by atoms with Crippen LogP contribution >= 0.6 is 0 Å². The van der Waals surface area contributed by atoms with Crippen molar-refractivity contribution in [2.75, 3.05) is 19.8 Å². The third-order valence-electron chi connectivity index (χ3n) is 6.02. The van der Waals surface area contributed by atoms with Crippen molar-refractivity contribution in [3.63, 3.8) is 0 Å². The Hall–Kier alpha value is -1.92. The number of rotatable bonds is 5. The fourth-order valence-corrected chi connectivity index (χ4v) is 4.30. The van der Waals surface area contributed by atoms with E-state index in [0.717, 1.165) is 50.8 Å². The van der Waals surface area contributed by atoms with Gasteiger partial charge in [0.25, 0.3) is 5.91 Å². The van der Waals surface area contributed by atoms with Crippen molar-refractivity contribution in [2.45, 2.75) is 38.1 Å². The van der Waals surface area contributed by atoms with Gasteiger partial charge in [0, 0.05) is 30.9 Å². The quantitative estimate of drug-likeness (QED) is 0.871. The molecular formula is C19H25N3O3. The van der Waals surface area contributed by atoms with Crippen LogP contribution in [0, 0.1) is 11.3 Å². The Morgan fingerprint density at radius 3 is 2.88 bits per heavy atom. The Bertz CT molecular complexity index is 742. The van der Waals surface area contributed by atoms with Crippen molar-refractivity contribution >= 4 is 11.4 Å². The fraction of sp³-hybridized carbons (Fsp3) is 0.579. The van der Waals surface area contributed by atoms with Crippen LogP contribution in [0.5, 0.6) is 0 Å². The summed E-state index contributed by atoms with van der Waals surface area (Å²) in [5, 5.41) is 13.3. The SMILES string of the molecule is O=C(NC(C1CCOCC1)C1(CO)CCC1)c1ccc2cncn2c1. The number of nitrogens with zero attached hydrogens (tertiary/aromatic N) is 2. The Kier molecular flexibility index (Phi) is 4.48. The normalized spacial score (nSPS) is 21.6. The highest BCUT2D eigenvalue weighted by Crippen LogP contribution is 2.47. The third-order valence-corrected chi connectivity index (χ3v) is 6.02. The minimum atomic E-state index is -0.170. The molecule has 1 amide bonds. The first-order chi connectivity index (χ1) is 12.2. The molecule has 2 aliphatic rings. The number of amides is 1. The van der Waals surface area contributed by atoms with Gasteiger partial charge in [-0.1, -0.05) is 6.42 Å². The number of hydrogen-bond acceptors (Lipinski definition) is 4. The van der Waals surface area contributed by atoms with E-state index in [9.17, 15) is 9.90 Å². The average Bonchev–Trinajstić information content (AvgIpc) is 3.08. The van der Waals surface area contributed by atoms with Crippen LogP contribution < -0.4 is 5.32 Å². The molecule has 0 spiro atoms. The van der Waals surface area contributed by atoms with Gasteiger partial charge < -0.3 is 19.6 Å². The smallest absolute Gasteiger partial charge is 0.253 e. The molecule has 1 aliphatic heterocycles. The van der Waals surface area contributed by atoms with Crippen molar-refractivity contribution < 1.29 is 14.6 Å². The molecule has 2 N–H and O–H groups in total. The predicted molar refractivity (Wildman–Crippen MR) is 93.4 cm³/mol. The van der Waals surface area contributed by atoms with Crippen LogP contribution in [-0.4, -0.2) is 46.3 Å². The van der Waals surface area contributed by atoms with Crippen LogP contribution in [0.1, 0.15) is 42.5 Å². The Morgan fingerprint density at radius 1 is 1.40 bits per heavy atom. The summed E-state index contributed by atoms with van der Waals surface area (Å²) >= 11 is 0. The molecule has 1 saturated carbocycles. The minimum absolute atomic E-state index is 0.00105. The van der Waals surface area contributed by atoms with Gasteiger partial charge in [-0.2, -0.15) is 0 Å². The summed E-state index contributed by atoms with van der Waals surface area (Å²) < 4.78 is 7.34. The molecule has 3 heterocycles. The summed E-state index contributed by atoms with van der Waals surface area (Å²) in [6, 6.07) is 3.73. The van der Waals surface area contributed by atoms with Crippen LogP contribution in [0.15, 0.2) is 30.9 Å². The number of aromatic nitrogens is 2. The summed E-state index contributed by atoms with van der Waals surface area (Å²) in [7, 11) is 0. The van der Waals surface area contributed by atoms with Gasteiger partial charge in [-0.15, -0.1) is 0 Å². The lowest BCUT2D eigenvalue weighted by atomic mass is 9.60. The zero-order valence-electron chi connectivity index (χ0n) is 14.4. The summed E-state index contributed by atoms with van der Waals surface area (Å²) in [5.41, 5.74) is 1.41. The van der Waals surface area contributed by atoms with Gasteiger partial charge in [-0.05, 0) is 43.7 Å². The van der Waals surface area contributed by atoms with Crippen molar-refractivity contribution in [3.8, 4) is 0 Å². The second-order valence-corrected chi connectivity index (χ2v) is 7.42. The molecule has 1 saturated heterocycles. The van der Waals surface area contributed by atoms with Gasteiger partial charge in [-0.3, -0.25) is 4.79 Å². The van der Waals surface area contributed by atoms with Crippen LogP contribution in [-0.2, 0) is 4.74 Å². The highest BCUT2D eigenvalue weighted by molar-refractivity contribution is 5.94. The summed E-state index contributed by atoms with van der Waals surface area (Å²) in [4.78, 5) is 17.0. The second-order valence-electron chi connectivity index (χ2n) is 7.42. The number of nitrogens with one attached hydrogen (secondary N) is 1. The van der Waals surface area contributed by atoms with E-state index in [-0.39, 0.29) is 24.0 Å². The molecule has 1 aliphatic carbocycles. The van der Waals surface area contributed by atoms with Gasteiger partial charge in [0.2, 0.25) is 0 Å². The molecule has 1 unspecified atom stereocenters. The molecular weight excluding hydrogens is 318 g/mol. The number of aliphatic hydroxyl groups excluding tert-OH is 1. The molecule has 25 heavy (non-hydrogen) atoms. The first-order valence-corrected chi connectivity index (χ1v) is 9.13. The summed E-state index contributed by atoms with van der Waals surface area (Å²) in [6.45, 7) is 1.61. The lowest BCUT2D eigenvalue weighted by Crippen LogP contribution is -2.57. The van der Waals surface area contributed by atoms with Gasteiger partial charge >= 0.3 is 0 Å². The number of imidazole rings is 1. The average molecular weight is 343 g/mol. The Morgan fingerprint density at radius 2 is 2.20 bits per heavy atom. The molecule has 134 valence electrons. The molecule has 2 aromatic rings. The number of carbonyl (C=O) groups excluding carboxylic acids is 1. The topological polar surface area (TPSA) is 75.9 Å². The maximum atomic E-state index is 12.9. The molecule has 2 fully saturated rings. The highest BCUT2D eigenvalue weighted by Gasteiger charge is 2.47. The number of hydrogen-bond donors (Lipinski definition) is 2. The van der Waals surface area contributed by atoms with Crippen molar-refractivity contribution in [2.24, 2.45) is 11.3 Å². The van der Waals surface area contributed by atoms with Gasteiger partial charge in [0.15, 0.2) is 0 Å². The largest absolute Gasteiger partial charge is 0.396 e. The Labute approximate surface area is 147 Å². The van der Waals surface area contributed by atoms with Crippen molar-refractivity contribution in [3.05, 3.63) is 36.4 Å². The number of ether oxygens (including phenoxy) is 1. The van der Waals surface area contributed by atoms with E-state index in [0.29, 0.717) is 11.5 Å². The minimum Gasteiger partial charge on any atom is -0.396 e. The van der Waals surface area contributed by atoms with Gasteiger partial charge in [-0.25, -0.2) is 4.98 Å². The molecule has 6 nitrogen and oxygen atoms in total. The van der Waals surface area contributed by atoms with E-state index in [1.165, 1.54) is 0 Å². The van der Waals surface area contributed by atoms with E-state index < -0.39 is 0 Å². The van der Waals surface area contributed by atoms with Crippen LogP contribution in [0.2, 0.25) is 0 Å². The highest BCUT2D eigenvalue weighted by atomic mass is 16.5. The zero-order chi connectivity index (χ0) is 17.3. The van der Waals surface area contributed by atoms with Crippen LogP contribution in [0.25, 0.3) is 5.52 Å². The maximum Gasteiger partial charge on any atom is 0.253 e. The van der Waals surface area contributed by atoms with Crippen molar-refractivity contribution in [1.82, 2.24) is 14.7 Å². The molecule has 1 atom stereocenters. The molecule has 4 rings (SSSR count). The Balaban J connectivity index is 1.57. The summed E-state index contributed by atoms with van der Waals surface area (Å²) in [6.07, 6.45) is 10.2. The molecule has 6 heteroatoms. The van der Waals surface area contributed by atoms with E-state index in [1.807, 2.05) is 22.7 Å². The maximum absolute atomic E-state index is 12.9. The zero-order valence-corrected chi connectivity index (χ0v) is 14.4. The molecule has 0 bridgehead atoms. The standard InChI is InChI=1S/C19H25N3O3/c23-12-19(6-1-7-19)17(14-4-8-25-9-5-14)21-18(24)15-2-3-16-10-20-13-22(16)11-15/h2-3,10-11,13-14,17,23H,1,4-9,12H2,(H,21,24). The fourth-order valence-electron chi connectivity index (χ4n) is 4.30. The molecule has 0 aromatic carbocycles. The monoisotopic (exact) mass is 343 g/mol. The van der Waals surface area contributed by atoms with Gasteiger partial charge in [0.1, 0.15) is 0 Å². The number of carbonyl (C=O) groups is 1. The number of pyridine rings is 1. The van der Waals surface area contributed by atoms with Crippen molar-refractivity contribution in [1.29, 1.82) is 0 Å². The lowest BCUT2D eigenvalue weighted by molar-refractivity contribution is -0.0379. The van der Waals surface area contributed by atoms with Crippen LogP contribution in [0.3, 0.4) is 0 Å². The van der Waals surface area contributed by atoms with E-state index in [2.05, 4.69) is 10.3 Å². The molecule has 2 aromatic heterocycles. The van der Waals surface area contributed by atoms with E-state index in [1.54, 1.807) is 12.5 Å². The summed E-state index contributed by atoms with van der Waals surface area (Å²) in [5.74, 6) is 0.286. The van der Waals surface area contributed by atoms with E-state index in [4.69, 9.17) is 4.74 Å². The lowest BCUT2D eigenvalue weighted by Gasteiger charge is -2.50.